The fourth-order valence-corrected chi connectivity index (χ4v) is 5.07. The Hall–Kier alpha value is -2.99. The number of carbonyl (C=O) groups excluding carboxylic acids is 2. The number of morpholine rings is 1. The van der Waals surface area contributed by atoms with Crippen LogP contribution in [-0.4, -0.2) is 88.7 Å². The lowest BCUT2D eigenvalue weighted by molar-refractivity contribution is -0.142. The molecule has 10 nitrogen and oxygen atoms in total. The number of benzene rings is 2. The summed E-state index contributed by atoms with van der Waals surface area (Å²) in [6.07, 6.45) is 0. The SMILES string of the molecule is COCCNC(=O)C(C)N(Cc1ccccc1)C(=O)COc1ccc(S(=O)(=O)N2CCOCC2)cc1. The molecule has 0 aromatic heterocycles. The van der Waals surface area contributed by atoms with Gasteiger partial charge in [0, 0.05) is 33.3 Å². The maximum absolute atomic E-state index is 13.1. The Labute approximate surface area is 212 Å². The highest BCUT2D eigenvalue weighted by Crippen LogP contribution is 2.21. The van der Waals surface area contributed by atoms with E-state index in [9.17, 15) is 18.0 Å². The van der Waals surface area contributed by atoms with E-state index in [4.69, 9.17) is 14.2 Å². The Kier molecular flexibility index (Phi) is 10.2. The molecule has 11 heteroatoms. The molecule has 1 aliphatic heterocycles. The van der Waals surface area contributed by atoms with Crippen molar-refractivity contribution in [3.8, 4) is 5.75 Å². The summed E-state index contributed by atoms with van der Waals surface area (Å²) in [6.45, 7) is 3.64. The first-order chi connectivity index (χ1) is 17.3. The summed E-state index contributed by atoms with van der Waals surface area (Å²) in [5.41, 5.74) is 0.875. The number of rotatable bonds is 12. The van der Waals surface area contributed by atoms with E-state index in [0.717, 1.165) is 5.56 Å². The Morgan fingerprint density at radius 2 is 1.75 bits per heavy atom. The molecule has 1 heterocycles. The molecule has 196 valence electrons. The van der Waals surface area contributed by atoms with E-state index in [1.165, 1.54) is 33.5 Å². The molecule has 3 rings (SSSR count). The van der Waals surface area contributed by atoms with Gasteiger partial charge in [-0.2, -0.15) is 4.31 Å². The van der Waals surface area contributed by atoms with Gasteiger partial charge in [-0.15, -0.1) is 0 Å². The molecule has 0 radical (unpaired) electrons. The third-order valence-electron chi connectivity index (χ3n) is 5.76. The lowest BCUT2D eigenvalue weighted by atomic mass is 10.1. The summed E-state index contributed by atoms with van der Waals surface area (Å²) in [5.74, 6) is -0.326. The van der Waals surface area contributed by atoms with Crippen LogP contribution in [0.25, 0.3) is 0 Å². The van der Waals surface area contributed by atoms with Gasteiger partial charge in [0.1, 0.15) is 11.8 Å². The number of hydrogen-bond acceptors (Lipinski definition) is 7. The third-order valence-corrected chi connectivity index (χ3v) is 7.68. The minimum Gasteiger partial charge on any atom is -0.484 e. The van der Waals surface area contributed by atoms with Crippen LogP contribution >= 0.6 is 0 Å². The van der Waals surface area contributed by atoms with E-state index in [1.54, 1.807) is 14.0 Å². The Morgan fingerprint density at radius 1 is 1.08 bits per heavy atom. The van der Waals surface area contributed by atoms with Crippen LogP contribution in [0.15, 0.2) is 59.5 Å². The van der Waals surface area contributed by atoms with E-state index < -0.39 is 16.1 Å². The number of hydrogen-bond donors (Lipinski definition) is 1. The highest BCUT2D eigenvalue weighted by molar-refractivity contribution is 7.89. The largest absolute Gasteiger partial charge is 0.484 e. The molecule has 2 amide bonds. The molecule has 0 bridgehead atoms. The van der Waals surface area contributed by atoms with Crippen LogP contribution in [-0.2, 0) is 35.6 Å². The van der Waals surface area contributed by atoms with Gasteiger partial charge in [-0.05, 0) is 36.8 Å². The fraction of sp³-hybridized carbons (Fsp3) is 0.440. The topological polar surface area (TPSA) is 114 Å². The van der Waals surface area contributed by atoms with E-state index in [-0.39, 0.29) is 29.9 Å². The van der Waals surface area contributed by atoms with Gasteiger partial charge < -0.3 is 24.4 Å². The standard InChI is InChI=1S/C25H33N3O7S/c1-20(25(30)26-12-15-33-2)28(18-21-6-4-3-5-7-21)24(29)19-35-22-8-10-23(11-9-22)36(31,32)27-13-16-34-17-14-27/h3-11,20H,12-19H2,1-2H3,(H,26,30). The maximum atomic E-state index is 13.1. The molecular weight excluding hydrogens is 486 g/mol. The van der Waals surface area contributed by atoms with Crippen molar-refractivity contribution in [1.82, 2.24) is 14.5 Å². The zero-order valence-corrected chi connectivity index (χ0v) is 21.4. The van der Waals surface area contributed by atoms with Gasteiger partial charge in [-0.3, -0.25) is 9.59 Å². The average molecular weight is 520 g/mol. The van der Waals surface area contributed by atoms with Crippen molar-refractivity contribution in [2.24, 2.45) is 0 Å². The summed E-state index contributed by atoms with van der Waals surface area (Å²) in [6, 6.07) is 14.6. The highest BCUT2D eigenvalue weighted by atomic mass is 32.2. The molecule has 0 aliphatic carbocycles. The van der Waals surface area contributed by atoms with Gasteiger partial charge in [0.2, 0.25) is 15.9 Å². The van der Waals surface area contributed by atoms with Crippen LogP contribution in [0.1, 0.15) is 12.5 Å². The van der Waals surface area contributed by atoms with E-state index in [2.05, 4.69) is 5.32 Å². The summed E-state index contributed by atoms with van der Waals surface area (Å²) in [5, 5.41) is 2.76. The van der Waals surface area contributed by atoms with Gasteiger partial charge in [0.25, 0.3) is 5.91 Å². The Morgan fingerprint density at radius 3 is 2.39 bits per heavy atom. The molecule has 0 saturated carbocycles. The van der Waals surface area contributed by atoms with Crippen LogP contribution in [0.3, 0.4) is 0 Å². The van der Waals surface area contributed by atoms with E-state index in [1.807, 2.05) is 30.3 Å². The molecule has 2 aromatic carbocycles. The van der Waals surface area contributed by atoms with Crippen molar-refractivity contribution in [2.75, 3.05) is 53.2 Å². The fourth-order valence-electron chi connectivity index (χ4n) is 3.66. The van der Waals surface area contributed by atoms with Crippen molar-refractivity contribution in [3.63, 3.8) is 0 Å². The van der Waals surface area contributed by atoms with E-state index >= 15 is 0 Å². The molecule has 1 unspecified atom stereocenters. The normalized spacial score (nSPS) is 15.2. The first-order valence-electron chi connectivity index (χ1n) is 11.7. The smallest absolute Gasteiger partial charge is 0.261 e. The maximum Gasteiger partial charge on any atom is 0.261 e. The second kappa shape index (κ2) is 13.4. The van der Waals surface area contributed by atoms with Gasteiger partial charge in [-0.25, -0.2) is 8.42 Å². The number of nitrogens with one attached hydrogen (secondary N) is 1. The Bertz CT molecular complexity index is 1090. The number of carbonyl (C=O) groups is 2. The number of nitrogens with zero attached hydrogens (tertiary/aromatic N) is 2. The lowest BCUT2D eigenvalue weighted by Crippen LogP contribution is -2.49. The number of amides is 2. The summed E-state index contributed by atoms with van der Waals surface area (Å²) in [7, 11) is -2.07. The molecule has 1 fully saturated rings. The summed E-state index contributed by atoms with van der Waals surface area (Å²) < 4.78 is 42.8. The zero-order valence-electron chi connectivity index (χ0n) is 20.6. The molecule has 1 aliphatic rings. The summed E-state index contributed by atoms with van der Waals surface area (Å²) >= 11 is 0. The van der Waals surface area contributed by atoms with Crippen molar-refractivity contribution in [2.45, 2.75) is 24.4 Å². The molecule has 0 spiro atoms. The van der Waals surface area contributed by atoms with Crippen LogP contribution in [0.2, 0.25) is 0 Å². The van der Waals surface area contributed by atoms with Gasteiger partial charge in [0.05, 0.1) is 24.7 Å². The molecule has 1 N–H and O–H groups in total. The van der Waals surface area contributed by atoms with Crippen molar-refractivity contribution >= 4 is 21.8 Å². The molecular formula is C25H33N3O7S. The minimum absolute atomic E-state index is 0.148. The third kappa shape index (κ3) is 7.50. The predicted octanol–water partition coefficient (Wildman–Crippen LogP) is 1.27. The first-order valence-corrected chi connectivity index (χ1v) is 13.2. The van der Waals surface area contributed by atoms with Crippen LogP contribution < -0.4 is 10.1 Å². The minimum atomic E-state index is -3.62. The number of methoxy groups -OCH3 is 1. The second-order valence-electron chi connectivity index (χ2n) is 8.24. The van der Waals surface area contributed by atoms with Gasteiger partial charge in [0.15, 0.2) is 6.61 Å². The quantitative estimate of drug-likeness (QED) is 0.420. The molecule has 36 heavy (non-hydrogen) atoms. The predicted molar refractivity (Wildman–Crippen MR) is 133 cm³/mol. The number of ether oxygens (including phenoxy) is 3. The van der Waals surface area contributed by atoms with Crippen molar-refractivity contribution < 1.29 is 32.2 Å². The first kappa shape index (κ1) is 27.6. The van der Waals surface area contributed by atoms with Gasteiger partial charge in [-0.1, -0.05) is 30.3 Å². The molecule has 2 aromatic rings. The highest BCUT2D eigenvalue weighted by Gasteiger charge is 2.28. The van der Waals surface area contributed by atoms with Crippen LogP contribution in [0.5, 0.6) is 5.75 Å². The van der Waals surface area contributed by atoms with Crippen LogP contribution in [0, 0.1) is 0 Å². The lowest BCUT2D eigenvalue weighted by Gasteiger charge is -2.28. The monoisotopic (exact) mass is 519 g/mol. The zero-order chi connectivity index (χ0) is 26.0. The second-order valence-corrected chi connectivity index (χ2v) is 10.2. The van der Waals surface area contributed by atoms with Crippen molar-refractivity contribution in [3.05, 3.63) is 60.2 Å². The Balaban J connectivity index is 1.65. The average Bonchev–Trinajstić information content (AvgIpc) is 2.91. The van der Waals surface area contributed by atoms with Gasteiger partial charge >= 0.3 is 0 Å². The van der Waals surface area contributed by atoms with E-state index in [0.29, 0.717) is 45.2 Å². The molecule has 1 saturated heterocycles. The van der Waals surface area contributed by atoms with Crippen molar-refractivity contribution in [1.29, 1.82) is 0 Å². The number of sulfonamides is 1. The van der Waals surface area contributed by atoms with Crippen LogP contribution in [0.4, 0.5) is 0 Å². The summed E-state index contributed by atoms with van der Waals surface area (Å²) in [4.78, 5) is 27.3. The molecule has 1 atom stereocenters.